The Morgan fingerprint density at radius 2 is 1.76 bits per heavy atom. The maximum Gasteiger partial charge on any atom is 0.166 e. The van der Waals surface area contributed by atoms with Crippen molar-refractivity contribution in [2.45, 2.75) is 18.7 Å². The Hall–Kier alpha value is -1.50. The predicted molar refractivity (Wildman–Crippen MR) is 111 cm³/mol. The number of thiocarbonyl (C=S) groups is 1. The SMILES string of the molecule is CN(C)Cc1ccc(CSCCNC(=S)NCCc2ccccc2)o1. The molecule has 1 heterocycles. The summed E-state index contributed by atoms with van der Waals surface area (Å²) in [6.45, 7) is 2.55. The maximum absolute atomic E-state index is 5.80. The molecule has 1 aromatic heterocycles. The van der Waals surface area contributed by atoms with Crippen molar-refractivity contribution in [1.29, 1.82) is 0 Å². The topological polar surface area (TPSA) is 40.4 Å². The predicted octanol–water partition coefficient (Wildman–Crippen LogP) is 3.28. The molecule has 0 atom stereocenters. The van der Waals surface area contributed by atoms with E-state index in [1.165, 1.54) is 5.56 Å². The first kappa shape index (κ1) is 19.8. The lowest BCUT2D eigenvalue weighted by molar-refractivity contribution is 0.344. The molecule has 0 spiro atoms. The molecule has 0 radical (unpaired) electrons. The smallest absolute Gasteiger partial charge is 0.166 e. The van der Waals surface area contributed by atoms with E-state index in [1.807, 2.05) is 31.9 Å². The number of rotatable bonds is 10. The van der Waals surface area contributed by atoms with Crippen LogP contribution in [0.1, 0.15) is 17.1 Å². The van der Waals surface area contributed by atoms with Crippen molar-refractivity contribution >= 4 is 29.1 Å². The summed E-state index contributed by atoms with van der Waals surface area (Å²) in [5, 5.41) is 7.22. The number of nitrogens with one attached hydrogen (secondary N) is 2. The van der Waals surface area contributed by atoms with E-state index in [2.05, 4.69) is 51.9 Å². The molecule has 1 aromatic carbocycles. The zero-order chi connectivity index (χ0) is 17.9. The van der Waals surface area contributed by atoms with Gasteiger partial charge in [-0.2, -0.15) is 11.8 Å². The van der Waals surface area contributed by atoms with Crippen LogP contribution in [0.5, 0.6) is 0 Å². The lowest BCUT2D eigenvalue weighted by Crippen LogP contribution is -2.37. The van der Waals surface area contributed by atoms with Crippen molar-refractivity contribution in [3.63, 3.8) is 0 Å². The fourth-order valence-corrected chi connectivity index (χ4v) is 3.28. The molecule has 0 saturated carbocycles. The largest absolute Gasteiger partial charge is 0.464 e. The number of furan rings is 1. The van der Waals surface area contributed by atoms with Gasteiger partial charge in [-0.05, 0) is 50.4 Å². The average molecular weight is 378 g/mol. The first-order valence-electron chi connectivity index (χ1n) is 8.49. The normalized spacial score (nSPS) is 10.8. The summed E-state index contributed by atoms with van der Waals surface area (Å²) in [5.74, 6) is 3.93. The van der Waals surface area contributed by atoms with Gasteiger partial charge in [0.15, 0.2) is 5.11 Å². The summed E-state index contributed by atoms with van der Waals surface area (Å²) in [4.78, 5) is 2.10. The van der Waals surface area contributed by atoms with Gasteiger partial charge in [0.05, 0.1) is 12.3 Å². The van der Waals surface area contributed by atoms with Gasteiger partial charge in [-0.1, -0.05) is 30.3 Å². The van der Waals surface area contributed by atoms with Crippen molar-refractivity contribution < 1.29 is 4.42 Å². The Balaban J connectivity index is 1.51. The fourth-order valence-electron chi connectivity index (χ4n) is 2.33. The summed E-state index contributed by atoms with van der Waals surface area (Å²) in [6.07, 6.45) is 0.977. The zero-order valence-electron chi connectivity index (χ0n) is 15.0. The zero-order valence-corrected chi connectivity index (χ0v) is 16.6. The number of nitrogens with zero attached hydrogens (tertiary/aromatic N) is 1. The van der Waals surface area contributed by atoms with E-state index in [-0.39, 0.29) is 0 Å². The van der Waals surface area contributed by atoms with E-state index >= 15 is 0 Å². The van der Waals surface area contributed by atoms with E-state index in [9.17, 15) is 0 Å². The summed E-state index contributed by atoms with van der Waals surface area (Å²) in [6, 6.07) is 14.5. The first-order chi connectivity index (χ1) is 12.1. The molecule has 0 amide bonds. The van der Waals surface area contributed by atoms with Crippen molar-refractivity contribution in [2.75, 3.05) is 32.9 Å². The molecule has 0 aliphatic rings. The third-order valence-electron chi connectivity index (χ3n) is 3.51. The minimum absolute atomic E-state index is 0.725. The highest BCUT2D eigenvalue weighted by Gasteiger charge is 2.03. The molecule has 0 saturated heterocycles. The molecule has 136 valence electrons. The van der Waals surface area contributed by atoms with Gasteiger partial charge >= 0.3 is 0 Å². The number of hydrogen-bond acceptors (Lipinski definition) is 4. The monoisotopic (exact) mass is 377 g/mol. The van der Waals surface area contributed by atoms with Crippen LogP contribution in [0.25, 0.3) is 0 Å². The second kappa shape index (κ2) is 11.2. The maximum atomic E-state index is 5.80. The van der Waals surface area contributed by atoms with Gasteiger partial charge in [-0.15, -0.1) is 0 Å². The Bertz CT molecular complexity index is 629. The van der Waals surface area contributed by atoms with Gasteiger partial charge in [0.2, 0.25) is 0 Å². The summed E-state index contributed by atoms with van der Waals surface area (Å²) >= 11 is 7.15. The molecule has 0 aliphatic heterocycles. The number of hydrogen-bond donors (Lipinski definition) is 2. The third kappa shape index (κ3) is 8.43. The van der Waals surface area contributed by atoms with Gasteiger partial charge < -0.3 is 20.0 Å². The molecule has 0 unspecified atom stereocenters. The second-order valence-electron chi connectivity index (χ2n) is 6.08. The minimum atomic E-state index is 0.725. The Morgan fingerprint density at radius 1 is 1.04 bits per heavy atom. The van der Waals surface area contributed by atoms with Crippen LogP contribution < -0.4 is 10.6 Å². The lowest BCUT2D eigenvalue weighted by Gasteiger charge is -2.10. The Kier molecular flexibility index (Phi) is 8.86. The molecule has 6 heteroatoms. The highest BCUT2D eigenvalue weighted by Crippen LogP contribution is 2.15. The van der Waals surface area contributed by atoms with Gasteiger partial charge in [0, 0.05) is 18.8 Å². The molecule has 0 fully saturated rings. The Labute approximate surface area is 160 Å². The van der Waals surface area contributed by atoms with Crippen LogP contribution in [0.3, 0.4) is 0 Å². The third-order valence-corrected chi connectivity index (χ3v) is 4.78. The van der Waals surface area contributed by atoms with Crippen LogP contribution in [-0.2, 0) is 18.7 Å². The fraction of sp³-hybridized carbons (Fsp3) is 0.421. The second-order valence-corrected chi connectivity index (χ2v) is 7.59. The molecule has 4 nitrogen and oxygen atoms in total. The van der Waals surface area contributed by atoms with Crippen molar-refractivity contribution in [3.8, 4) is 0 Å². The van der Waals surface area contributed by atoms with Gasteiger partial charge in [0.1, 0.15) is 11.5 Å². The number of benzene rings is 1. The molecule has 2 aromatic rings. The molecule has 2 N–H and O–H groups in total. The minimum Gasteiger partial charge on any atom is -0.464 e. The van der Waals surface area contributed by atoms with Crippen molar-refractivity contribution in [2.24, 2.45) is 0 Å². The molecule has 25 heavy (non-hydrogen) atoms. The van der Waals surface area contributed by atoms with Gasteiger partial charge in [-0.25, -0.2) is 0 Å². The first-order valence-corrected chi connectivity index (χ1v) is 10.1. The molecular formula is C19H27N3OS2. The molecule has 2 rings (SSSR count). The van der Waals surface area contributed by atoms with Crippen LogP contribution in [0.15, 0.2) is 46.9 Å². The van der Waals surface area contributed by atoms with Crippen LogP contribution in [-0.4, -0.2) is 43.0 Å². The lowest BCUT2D eigenvalue weighted by atomic mass is 10.1. The summed E-state index contributed by atoms with van der Waals surface area (Å²) in [7, 11) is 4.08. The molecular weight excluding hydrogens is 350 g/mol. The summed E-state index contributed by atoms with van der Waals surface area (Å²) < 4.78 is 5.80. The number of thioether (sulfide) groups is 1. The van der Waals surface area contributed by atoms with Crippen molar-refractivity contribution in [1.82, 2.24) is 15.5 Å². The van der Waals surface area contributed by atoms with E-state index < -0.39 is 0 Å². The van der Waals surface area contributed by atoms with Gasteiger partial charge in [-0.3, -0.25) is 0 Å². The quantitative estimate of drug-likeness (QED) is 0.489. The van der Waals surface area contributed by atoms with Crippen LogP contribution >= 0.6 is 24.0 Å². The van der Waals surface area contributed by atoms with E-state index in [0.717, 1.165) is 54.2 Å². The van der Waals surface area contributed by atoms with E-state index in [1.54, 1.807) is 0 Å². The van der Waals surface area contributed by atoms with Crippen LogP contribution in [0.2, 0.25) is 0 Å². The highest BCUT2D eigenvalue weighted by molar-refractivity contribution is 7.98. The van der Waals surface area contributed by atoms with Gasteiger partial charge in [0.25, 0.3) is 0 Å². The van der Waals surface area contributed by atoms with Crippen LogP contribution in [0.4, 0.5) is 0 Å². The highest BCUT2D eigenvalue weighted by atomic mass is 32.2. The average Bonchev–Trinajstić information content (AvgIpc) is 3.02. The molecule has 0 bridgehead atoms. The van der Waals surface area contributed by atoms with E-state index in [0.29, 0.717) is 0 Å². The molecule has 0 aliphatic carbocycles. The van der Waals surface area contributed by atoms with E-state index in [4.69, 9.17) is 16.6 Å². The summed E-state index contributed by atoms with van der Waals surface area (Å²) in [5.41, 5.74) is 1.32. The standard InChI is InChI=1S/C19H27N3OS2/c1-22(2)14-17-8-9-18(23-17)15-25-13-12-21-19(24)20-11-10-16-6-4-3-5-7-16/h3-9H,10-15H2,1-2H3,(H2,20,21,24). The van der Waals surface area contributed by atoms with Crippen LogP contribution in [0, 0.1) is 0 Å². The van der Waals surface area contributed by atoms with Crippen molar-refractivity contribution in [3.05, 3.63) is 59.5 Å². The Morgan fingerprint density at radius 3 is 2.52 bits per heavy atom.